The Labute approximate surface area is 129 Å². The van der Waals surface area contributed by atoms with Crippen LogP contribution in [0.5, 0.6) is 5.75 Å². The molecule has 21 heavy (non-hydrogen) atoms. The van der Waals surface area contributed by atoms with Crippen LogP contribution in [0.1, 0.15) is 70.1 Å². The SMILES string of the molecule is CCC(CC1OC1C)c1cc(C)cc(C(C)(C)C)c1OC. The van der Waals surface area contributed by atoms with Gasteiger partial charge in [0.15, 0.2) is 0 Å². The Bertz CT molecular complexity index is 499. The summed E-state index contributed by atoms with van der Waals surface area (Å²) < 4.78 is 11.5. The summed E-state index contributed by atoms with van der Waals surface area (Å²) in [7, 11) is 1.80. The third-order valence-corrected chi connectivity index (χ3v) is 4.56. The van der Waals surface area contributed by atoms with E-state index in [1.54, 1.807) is 7.11 Å². The molecule has 1 fully saturated rings. The van der Waals surface area contributed by atoms with Crippen molar-refractivity contribution in [2.24, 2.45) is 0 Å². The number of methoxy groups -OCH3 is 1. The molecule has 1 saturated heterocycles. The van der Waals surface area contributed by atoms with Crippen LogP contribution in [0.2, 0.25) is 0 Å². The smallest absolute Gasteiger partial charge is 0.126 e. The van der Waals surface area contributed by atoms with Gasteiger partial charge in [0.05, 0.1) is 19.3 Å². The highest BCUT2D eigenvalue weighted by Gasteiger charge is 2.37. The lowest BCUT2D eigenvalue weighted by Crippen LogP contribution is -2.16. The Morgan fingerprint density at radius 1 is 1.29 bits per heavy atom. The zero-order chi connectivity index (χ0) is 15.8. The van der Waals surface area contributed by atoms with E-state index >= 15 is 0 Å². The van der Waals surface area contributed by atoms with Crippen LogP contribution in [0.4, 0.5) is 0 Å². The summed E-state index contributed by atoms with van der Waals surface area (Å²) >= 11 is 0. The standard InChI is InChI=1S/C19H30O2/c1-8-14(11-17-13(3)21-17)15-9-12(2)10-16(18(15)20-7)19(4,5)6/h9-10,13-14,17H,8,11H2,1-7H3. The van der Waals surface area contributed by atoms with Gasteiger partial charge in [0.2, 0.25) is 0 Å². The summed E-state index contributed by atoms with van der Waals surface area (Å²) in [6.07, 6.45) is 3.08. The molecule has 118 valence electrons. The quantitative estimate of drug-likeness (QED) is 0.714. The van der Waals surface area contributed by atoms with Crippen molar-refractivity contribution >= 4 is 0 Å². The number of rotatable bonds is 5. The molecule has 1 aliphatic heterocycles. The van der Waals surface area contributed by atoms with Gasteiger partial charge in [-0.05, 0) is 43.6 Å². The normalized spacial score (nSPS) is 23.0. The summed E-state index contributed by atoms with van der Waals surface area (Å²) in [5.41, 5.74) is 4.07. The largest absolute Gasteiger partial charge is 0.496 e. The molecule has 3 atom stereocenters. The van der Waals surface area contributed by atoms with E-state index in [9.17, 15) is 0 Å². The third-order valence-electron chi connectivity index (χ3n) is 4.56. The average molecular weight is 290 g/mol. The van der Waals surface area contributed by atoms with Gasteiger partial charge in [-0.1, -0.05) is 45.4 Å². The predicted octanol–water partition coefficient (Wildman–Crippen LogP) is 4.97. The first-order valence-electron chi connectivity index (χ1n) is 8.12. The third kappa shape index (κ3) is 3.60. The van der Waals surface area contributed by atoms with Crippen molar-refractivity contribution < 1.29 is 9.47 Å². The Morgan fingerprint density at radius 3 is 2.33 bits per heavy atom. The van der Waals surface area contributed by atoms with Gasteiger partial charge in [-0.3, -0.25) is 0 Å². The number of aryl methyl sites for hydroxylation is 1. The molecule has 0 saturated carbocycles. The van der Waals surface area contributed by atoms with Crippen LogP contribution in [-0.2, 0) is 10.2 Å². The van der Waals surface area contributed by atoms with Crippen LogP contribution in [0.15, 0.2) is 12.1 Å². The van der Waals surface area contributed by atoms with E-state index in [1.807, 2.05) is 0 Å². The van der Waals surface area contributed by atoms with E-state index in [0.29, 0.717) is 18.1 Å². The van der Waals surface area contributed by atoms with Crippen molar-refractivity contribution in [2.75, 3.05) is 7.11 Å². The first-order chi connectivity index (χ1) is 9.77. The Kier molecular flexibility index (Phi) is 4.67. The molecule has 0 aliphatic carbocycles. The number of epoxide rings is 1. The molecule has 3 unspecified atom stereocenters. The van der Waals surface area contributed by atoms with Crippen LogP contribution < -0.4 is 4.74 Å². The van der Waals surface area contributed by atoms with E-state index in [0.717, 1.165) is 18.6 Å². The Balaban J connectivity index is 2.42. The Morgan fingerprint density at radius 2 is 1.90 bits per heavy atom. The van der Waals surface area contributed by atoms with Gasteiger partial charge >= 0.3 is 0 Å². The highest BCUT2D eigenvalue weighted by atomic mass is 16.6. The van der Waals surface area contributed by atoms with Crippen LogP contribution in [0.25, 0.3) is 0 Å². The van der Waals surface area contributed by atoms with E-state index in [1.165, 1.54) is 16.7 Å². The molecule has 0 N–H and O–H groups in total. The van der Waals surface area contributed by atoms with Crippen molar-refractivity contribution in [3.63, 3.8) is 0 Å². The van der Waals surface area contributed by atoms with Gasteiger partial charge in [-0.2, -0.15) is 0 Å². The summed E-state index contributed by atoms with van der Waals surface area (Å²) in [4.78, 5) is 0. The number of ether oxygens (including phenoxy) is 2. The van der Waals surface area contributed by atoms with E-state index in [2.05, 4.69) is 53.7 Å². The summed E-state index contributed by atoms with van der Waals surface area (Å²) in [6.45, 7) is 13.4. The fourth-order valence-corrected chi connectivity index (χ4v) is 3.16. The van der Waals surface area contributed by atoms with E-state index in [-0.39, 0.29) is 5.41 Å². The molecule has 1 aromatic rings. The first kappa shape index (κ1) is 16.4. The minimum atomic E-state index is 0.0910. The minimum Gasteiger partial charge on any atom is -0.496 e. The summed E-state index contributed by atoms with van der Waals surface area (Å²) in [6, 6.07) is 4.57. The fourth-order valence-electron chi connectivity index (χ4n) is 3.16. The fraction of sp³-hybridized carbons (Fsp3) is 0.684. The van der Waals surface area contributed by atoms with Crippen LogP contribution in [-0.4, -0.2) is 19.3 Å². The molecule has 2 nitrogen and oxygen atoms in total. The van der Waals surface area contributed by atoms with Gasteiger partial charge < -0.3 is 9.47 Å². The Hall–Kier alpha value is -1.02. The molecule has 1 heterocycles. The zero-order valence-electron chi connectivity index (χ0n) is 14.6. The van der Waals surface area contributed by atoms with Crippen LogP contribution >= 0.6 is 0 Å². The average Bonchev–Trinajstić information content (AvgIpc) is 3.09. The lowest BCUT2D eigenvalue weighted by Gasteiger charge is -2.27. The highest BCUT2D eigenvalue weighted by Crippen LogP contribution is 2.42. The second-order valence-electron chi connectivity index (χ2n) is 7.41. The molecule has 1 aliphatic rings. The van der Waals surface area contributed by atoms with Crippen molar-refractivity contribution in [2.45, 2.75) is 77.9 Å². The molecule has 0 amide bonds. The van der Waals surface area contributed by atoms with Crippen molar-refractivity contribution in [3.05, 3.63) is 28.8 Å². The second-order valence-corrected chi connectivity index (χ2v) is 7.41. The molecule has 2 rings (SSSR count). The molecular formula is C19H30O2. The minimum absolute atomic E-state index is 0.0910. The lowest BCUT2D eigenvalue weighted by molar-refractivity contribution is 0.350. The molecule has 0 aromatic heterocycles. The maximum absolute atomic E-state index is 5.83. The lowest BCUT2D eigenvalue weighted by atomic mass is 9.80. The number of hydrogen-bond acceptors (Lipinski definition) is 2. The number of hydrogen-bond donors (Lipinski definition) is 0. The molecule has 0 bridgehead atoms. The van der Waals surface area contributed by atoms with Crippen molar-refractivity contribution in [3.8, 4) is 5.75 Å². The second kappa shape index (κ2) is 6.00. The van der Waals surface area contributed by atoms with Crippen molar-refractivity contribution in [1.82, 2.24) is 0 Å². The van der Waals surface area contributed by atoms with E-state index < -0.39 is 0 Å². The van der Waals surface area contributed by atoms with Crippen molar-refractivity contribution in [1.29, 1.82) is 0 Å². The van der Waals surface area contributed by atoms with Crippen LogP contribution in [0.3, 0.4) is 0 Å². The van der Waals surface area contributed by atoms with Gasteiger partial charge in [0.1, 0.15) is 5.75 Å². The van der Waals surface area contributed by atoms with E-state index in [4.69, 9.17) is 9.47 Å². The summed E-state index contributed by atoms with van der Waals surface area (Å²) in [5.74, 6) is 1.59. The van der Waals surface area contributed by atoms with Gasteiger partial charge in [-0.15, -0.1) is 0 Å². The molecule has 1 aromatic carbocycles. The maximum atomic E-state index is 5.83. The van der Waals surface area contributed by atoms with Gasteiger partial charge in [-0.25, -0.2) is 0 Å². The topological polar surface area (TPSA) is 21.8 Å². The summed E-state index contributed by atoms with van der Waals surface area (Å²) in [5, 5.41) is 0. The molecule has 2 heteroatoms. The van der Waals surface area contributed by atoms with Gasteiger partial charge in [0, 0.05) is 5.56 Å². The molecule has 0 radical (unpaired) electrons. The first-order valence-corrected chi connectivity index (χ1v) is 8.12. The zero-order valence-corrected chi connectivity index (χ0v) is 14.6. The monoisotopic (exact) mass is 290 g/mol. The maximum Gasteiger partial charge on any atom is 0.126 e. The number of benzene rings is 1. The molecular weight excluding hydrogens is 260 g/mol. The molecule has 0 spiro atoms. The van der Waals surface area contributed by atoms with Crippen LogP contribution in [0, 0.1) is 6.92 Å². The highest BCUT2D eigenvalue weighted by molar-refractivity contribution is 5.49. The van der Waals surface area contributed by atoms with Gasteiger partial charge in [0.25, 0.3) is 0 Å². The predicted molar refractivity (Wildman–Crippen MR) is 88.4 cm³/mol.